The summed E-state index contributed by atoms with van der Waals surface area (Å²) in [6, 6.07) is 7.47. The molecule has 1 fully saturated rings. The van der Waals surface area contributed by atoms with Crippen molar-refractivity contribution in [2.45, 2.75) is 12.5 Å². The van der Waals surface area contributed by atoms with Crippen LogP contribution in [0.1, 0.15) is 6.42 Å². The average molecular weight is 345 g/mol. The Kier molecular flexibility index (Phi) is 4.25. The molecule has 0 aliphatic carbocycles. The number of nitrogens with zero attached hydrogens (tertiary/aromatic N) is 3. The molecule has 126 valence electrons. The Balaban J connectivity index is 1.40. The van der Waals surface area contributed by atoms with Crippen LogP contribution in [0.5, 0.6) is 11.5 Å². The summed E-state index contributed by atoms with van der Waals surface area (Å²) in [6.07, 6.45) is 2.18. The molecule has 0 spiro atoms. The van der Waals surface area contributed by atoms with Crippen LogP contribution in [0.15, 0.2) is 35.8 Å². The molecule has 1 aromatic heterocycles. The summed E-state index contributed by atoms with van der Waals surface area (Å²) in [7, 11) is 0. The van der Waals surface area contributed by atoms with Crippen LogP contribution in [0, 0.1) is 0 Å². The third-order valence-electron chi connectivity index (χ3n) is 4.28. The fraction of sp³-hybridized carbons (Fsp3) is 0.412. The smallest absolute Gasteiger partial charge is 0.267 e. The number of benzene rings is 1. The molecule has 2 aromatic rings. The zero-order valence-electron chi connectivity index (χ0n) is 13.3. The Bertz CT molecular complexity index is 707. The molecule has 1 unspecified atom stereocenters. The summed E-state index contributed by atoms with van der Waals surface area (Å²) < 4.78 is 11.5. The summed E-state index contributed by atoms with van der Waals surface area (Å²) in [5.41, 5.74) is 0. The van der Waals surface area contributed by atoms with Crippen LogP contribution >= 0.6 is 11.3 Å². The number of para-hydroxylation sites is 2. The van der Waals surface area contributed by atoms with E-state index in [4.69, 9.17) is 9.47 Å². The van der Waals surface area contributed by atoms with Gasteiger partial charge in [-0.05, 0) is 18.6 Å². The molecule has 2 aliphatic heterocycles. The van der Waals surface area contributed by atoms with Crippen LogP contribution < -0.4 is 14.4 Å². The Hall–Kier alpha value is -2.28. The quantitative estimate of drug-likeness (QED) is 0.833. The van der Waals surface area contributed by atoms with Gasteiger partial charge in [-0.2, -0.15) is 0 Å². The average Bonchev–Trinajstić information content (AvgIpc) is 3.05. The van der Waals surface area contributed by atoms with Gasteiger partial charge in [0.2, 0.25) is 6.10 Å². The molecule has 3 heterocycles. The first-order valence-corrected chi connectivity index (χ1v) is 9.01. The largest absolute Gasteiger partial charge is 0.485 e. The van der Waals surface area contributed by atoms with E-state index < -0.39 is 6.10 Å². The van der Waals surface area contributed by atoms with Gasteiger partial charge in [0.25, 0.3) is 5.91 Å². The van der Waals surface area contributed by atoms with Crippen LogP contribution in [0.25, 0.3) is 0 Å². The second-order valence-electron chi connectivity index (χ2n) is 5.84. The van der Waals surface area contributed by atoms with Crippen molar-refractivity contribution in [3.05, 3.63) is 35.8 Å². The topological polar surface area (TPSA) is 54.9 Å². The van der Waals surface area contributed by atoms with Crippen molar-refractivity contribution < 1.29 is 14.3 Å². The van der Waals surface area contributed by atoms with Crippen LogP contribution in [0.4, 0.5) is 5.13 Å². The Morgan fingerprint density at radius 3 is 2.88 bits per heavy atom. The number of thiazole rings is 1. The summed E-state index contributed by atoms with van der Waals surface area (Å²) in [5, 5.41) is 3.00. The van der Waals surface area contributed by atoms with Crippen LogP contribution in [-0.4, -0.2) is 54.7 Å². The van der Waals surface area contributed by atoms with Crippen molar-refractivity contribution in [1.82, 2.24) is 9.88 Å². The van der Waals surface area contributed by atoms with E-state index in [0.29, 0.717) is 18.0 Å². The van der Waals surface area contributed by atoms with Gasteiger partial charge in [-0.3, -0.25) is 4.79 Å². The van der Waals surface area contributed by atoms with Gasteiger partial charge >= 0.3 is 0 Å². The predicted molar refractivity (Wildman–Crippen MR) is 91.9 cm³/mol. The highest BCUT2D eigenvalue weighted by atomic mass is 32.1. The van der Waals surface area contributed by atoms with E-state index in [-0.39, 0.29) is 12.5 Å². The SMILES string of the molecule is O=C(C1COc2ccccc2O1)N1CCCN(c2nccs2)CC1. The maximum atomic E-state index is 12.8. The number of fused-ring (bicyclic) bond motifs is 1. The second kappa shape index (κ2) is 6.68. The number of ether oxygens (including phenoxy) is 2. The normalized spacial score (nSPS) is 20.6. The van der Waals surface area contributed by atoms with Gasteiger partial charge in [-0.15, -0.1) is 11.3 Å². The predicted octanol–water partition coefficient (Wildman–Crippen LogP) is 2.02. The van der Waals surface area contributed by atoms with E-state index >= 15 is 0 Å². The van der Waals surface area contributed by atoms with E-state index in [0.717, 1.165) is 31.2 Å². The Morgan fingerprint density at radius 1 is 1.17 bits per heavy atom. The first kappa shape index (κ1) is 15.3. The molecule has 1 aromatic carbocycles. The second-order valence-corrected chi connectivity index (χ2v) is 6.72. The van der Waals surface area contributed by atoms with Crippen molar-refractivity contribution in [2.24, 2.45) is 0 Å². The van der Waals surface area contributed by atoms with Gasteiger partial charge in [-0.25, -0.2) is 4.98 Å². The minimum atomic E-state index is -0.564. The molecule has 0 bridgehead atoms. The van der Waals surface area contributed by atoms with Crippen molar-refractivity contribution in [1.29, 1.82) is 0 Å². The van der Waals surface area contributed by atoms with Crippen LogP contribution in [-0.2, 0) is 4.79 Å². The molecule has 6 nitrogen and oxygen atoms in total. The Morgan fingerprint density at radius 2 is 2.04 bits per heavy atom. The van der Waals surface area contributed by atoms with Gasteiger partial charge in [-0.1, -0.05) is 12.1 Å². The van der Waals surface area contributed by atoms with E-state index in [1.54, 1.807) is 11.3 Å². The molecular weight excluding hydrogens is 326 g/mol. The molecule has 1 atom stereocenters. The number of amides is 1. The molecule has 4 rings (SSSR count). The van der Waals surface area contributed by atoms with Gasteiger partial charge in [0.1, 0.15) is 6.61 Å². The lowest BCUT2D eigenvalue weighted by molar-refractivity contribution is -0.141. The molecule has 2 aliphatic rings. The number of aromatic nitrogens is 1. The van der Waals surface area contributed by atoms with Crippen LogP contribution in [0.2, 0.25) is 0 Å². The minimum Gasteiger partial charge on any atom is -0.485 e. The monoisotopic (exact) mass is 345 g/mol. The third-order valence-corrected chi connectivity index (χ3v) is 5.11. The zero-order valence-corrected chi connectivity index (χ0v) is 14.1. The molecule has 0 N–H and O–H groups in total. The van der Waals surface area contributed by atoms with Crippen molar-refractivity contribution in [2.75, 3.05) is 37.7 Å². The van der Waals surface area contributed by atoms with E-state index in [1.807, 2.05) is 40.7 Å². The van der Waals surface area contributed by atoms with Crippen molar-refractivity contribution >= 4 is 22.4 Å². The highest BCUT2D eigenvalue weighted by Crippen LogP contribution is 2.31. The lowest BCUT2D eigenvalue weighted by Gasteiger charge is -2.30. The molecule has 24 heavy (non-hydrogen) atoms. The number of carbonyl (C=O) groups excluding carboxylic acids is 1. The molecule has 7 heteroatoms. The summed E-state index contributed by atoms with van der Waals surface area (Å²) in [5.74, 6) is 1.35. The van der Waals surface area contributed by atoms with Gasteiger partial charge in [0.15, 0.2) is 16.6 Å². The maximum absolute atomic E-state index is 12.8. The number of hydrogen-bond donors (Lipinski definition) is 0. The lowest BCUT2D eigenvalue weighted by Crippen LogP contribution is -2.47. The first-order chi connectivity index (χ1) is 11.8. The van der Waals surface area contributed by atoms with Crippen molar-refractivity contribution in [3.63, 3.8) is 0 Å². The van der Waals surface area contributed by atoms with E-state index in [1.165, 1.54) is 0 Å². The fourth-order valence-electron chi connectivity index (χ4n) is 3.05. The summed E-state index contributed by atoms with van der Waals surface area (Å²) >= 11 is 1.64. The number of hydrogen-bond acceptors (Lipinski definition) is 6. The molecular formula is C17H19N3O3S. The molecule has 0 saturated carbocycles. The van der Waals surface area contributed by atoms with Gasteiger partial charge in [0, 0.05) is 37.8 Å². The standard InChI is InChI=1S/C17H19N3O3S/c21-16(15-12-22-13-4-1-2-5-14(13)23-15)19-7-3-8-20(10-9-19)17-18-6-11-24-17/h1-2,4-6,11,15H,3,7-10,12H2. The highest BCUT2D eigenvalue weighted by Gasteiger charge is 2.32. The summed E-state index contributed by atoms with van der Waals surface area (Å²) in [6.45, 7) is 3.40. The molecule has 0 radical (unpaired) electrons. The zero-order chi connectivity index (χ0) is 16.4. The molecule has 1 saturated heterocycles. The van der Waals surface area contributed by atoms with Crippen LogP contribution in [0.3, 0.4) is 0 Å². The summed E-state index contributed by atoms with van der Waals surface area (Å²) in [4.78, 5) is 21.3. The number of anilines is 1. The molecule has 1 amide bonds. The Labute approximate surface area is 144 Å². The minimum absolute atomic E-state index is 0.00509. The highest BCUT2D eigenvalue weighted by molar-refractivity contribution is 7.13. The number of rotatable bonds is 2. The lowest BCUT2D eigenvalue weighted by atomic mass is 10.2. The van der Waals surface area contributed by atoms with Gasteiger partial charge in [0.05, 0.1) is 0 Å². The number of carbonyl (C=O) groups is 1. The van der Waals surface area contributed by atoms with E-state index in [9.17, 15) is 4.79 Å². The first-order valence-electron chi connectivity index (χ1n) is 8.13. The fourth-order valence-corrected chi connectivity index (χ4v) is 3.74. The maximum Gasteiger partial charge on any atom is 0.267 e. The van der Waals surface area contributed by atoms with E-state index in [2.05, 4.69) is 9.88 Å². The van der Waals surface area contributed by atoms with Crippen molar-refractivity contribution in [3.8, 4) is 11.5 Å². The van der Waals surface area contributed by atoms with Gasteiger partial charge < -0.3 is 19.3 Å². The third kappa shape index (κ3) is 3.03.